The fourth-order valence-corrected chi connectivity index (χ4v) is 1.74. The van der Waals surface area contributed by atoms with Crippen molar-refractivity contribution in [1.29, 1.82) is 0 Å². The Balaban J connectivity index is 3.80. The van der Waals surface area contributed by atoms with Gasteiger partial charge in [-0.1, -0.05) is 0 Å². The van der Waals surface area contributed by atoms with Gasteiger partial charge in [-0.15, -0.1) is 0 Å². The van der Waals surface area contributed by atoms with Gasteiger partial charge in [0, 0.05) is 32.7 Å². The van der Waals surface area contributed by atoms with E-state index in [4.69, 9.17) is 14.9 Å². The molecule has 0 aromatic rings. The molecule has 0 spiro atoms. The van der Waals surface area contributed by atoms with Crippen LogP contribution < -0.4 is 0 Å². The molecule has 12 heteroatoms. The lowest BCUT2D eigenvalue weighted by atomic mass is 10.3. The molecule has 0 saturated carbocycles. The standard InChI is InChI=1S/C12H23F2NO8S/c13-12(14,24(19,20)21)10-23-11(18)2-1-8-22-9-5-15(3-6-16)4-7-17/h16-17H,1-10H2,(H,19,20,21)/p-1. The number of carbonyl (C=O) groups excluding carboxylic acids is 1. The van der Waals surface area contributed by atoms with Gasteiger partial charge in [0.05, 0.1) is 19.8 Å². The molecule has 0 rings (SSSR count). The van der Waals surface area contributed by atoms with Gasteiger partial charge in [0.2, 0.25) is 0 Å². The summed E-state index contributed by atoms with van der Waals surface area (Å²) >= 11 is 0. The van der Waals surface area contributed by atoms with Gasteiger partial charge >= 0.3 is 11.2 Å². The SMILES string of the molecule is O=C(CCCOCCN(CCO)CCO)OCC(F)(F)S(=O)(=O)[O-]. The van der Waals surface area contributed by atoms with Crippen LogP contribution in [-0.2, 0) is 24.4 Å². The molecule has 9 nitrogen and oxygen atoms in total. The molecule has 0 radical (unpaired) electrons. The number of nitrogens with zero attached hydrogens (tertiary/aromatic N) is 1. The highest BCUT2D eigenvalue weighted by Crippen LogP contribution is 2.20. The highest BCUT2D eigenvalue weighted by Gasteiger charge is 2.39. The number of hydrogen-bond donors (Lipinski definition) is 2. The zero-order valence-electron chi connectivity index (χ0n) is 13.0. The van der Waals surface area contributed by atoms with Crippen LogP contribution in [0.3, 0.4) is 0 Å². The number of carbonyl (C=O) groups is 1. The molecule has 0 aliphatic carbocycles. The molecule has 0 unspecified atom stereocenters. The van der Waals surface area contributed by atoms with E-state index in [0.717, 1.165) is 0 Å². The molecule has 0 aliphatic rings. The fourth-order valence-electron chi connectivity index (χ4n) is 1.54. The van der Waals surface area contributed by atoms with E-state index in [9.17, 15) is 26.5 Å². The van der Waals surface area contributed by atoms with Crippen molar-refractivity contribution in [2.45, 2.75) is 18.1 Å². The van der Waals surface area contributed by atoms with Crippen molar-refractivity contribution in [1.82, 2.24) is 4.90 Å². The molecule has 0 atom stereocenters. The first-order chi connectivity index (χ1) is 11.1. The first-order valence-electron chi connectivity index (χ1n) is 7.14. The lowest BCUT2D eigenvalue weighted by Gasteiger charge is -2.20. The average Bonchev–Trinajstić information content (AvgIpc) is 2.48. The van der Waals surface area contributed by atoms with Crippen molar-refractivity contribution in [2.75, 3.05) is 52.7 Å². The van der Waals surface area contributed by atoms with Crippen LogP contribution in [-0.4, -0.2) is 92.0 Å². The monoisotopic (exact) mass is 378 g/mol. The smallest absolute Gasteiger partial charge is 0.367 e. The van der Waals surface area contributed by atoms with Crippen LogP contribution in [0.2, 0.25) is 0 Å². The van der Waals surface area contributed by atoms with Crippen molar-refractivity contribution in [2.24, 2.45) is 0 Å². The van der Waals surface area contributed by atoms with Gasteiger partial charge in [0.25, 0.3) is 0 Å². The van der Waals surface area contributed by atoms with E-state index in [1.807, 2.05) is 0 Å². The zero-order chi connectivity index (χ0) is 18.6. The molecule has 24 heavy (non-hydrogen) atoms. The minimum absolute atomic E-state index is 0.0600. The molecular formula is C12H22F2NO8S-. The molecule has 0 heterocycles. The first kappa shape index (κ1) is 23.1. The van der Waals surface area contributed by atoms with Crippen LogP contribution in [0.25, 0.3) is 0 Å². The second-order valence-electron chi connectivity index (χ2n) is 4.76. The number of aliphatic hydroxyl groups is 2. The van der Waals surface area contributed by atoms with Crippen LogP contribution in [0.4, 0.5) is 8.78 Å². The van der Waals surface area contributed by atoms with Gasteiger partial charge in [-0.3, -0.25) is 9.69 Å². The summed E-state index contributed by atoms with van der Waals surface area (Å²) in [4.78, 5) is 12.9. The molecule has 0 bridgehead atoms. The molecule has 144 valence electrons. The van der Waals surface area contributed by atoms with E-state index in [-0.39, 0.29) is 39.3 Å². The predicted molar refractivity (Wildman–Crippen MR) is 76.3 cm³/mol. The Morgan fingerprint density at radius 1 is 1.12 bits per heavy atom. The average molecular weight is 378 g/mol. The number of rotatable bonds is 14. The van der Waals surface area contributed by atoms with Crippen LogP contribution in [0.1, 0.15) is 12.8 Å². The Kier molecular flexibility index (Phi) is 11.2. The van der Waals surface area contributed by atoms with Crippen LogP contribution in [0.15, 0.2) is 0 Å². The second kappa shape index (κ2) is 11.6. The Bertz CT molecular complexity index is 454. The molecule has 0 amide bonds. The summed E-state index contributed by atoms with van der Waals surface area (Å²) in [7, 11) is -5.87. The normalized spacial score (nSPS) is 12.6. The maximum Gasteiger partial charge on any atom is 0.367 e. The molecule has 2 N–H and O–H groups in total. The van der Waals surface area contributed by atoms with E-state index >= 15 is 0 Å². The third-order valence-electron chi connectivity index (χ3n) is 2.82. The third-order valence-corrected chi connectivity index (χ3v) is 3.67. The minimum atomic E-state index is -5.87. The lowest BCUT2D eigenvalue weighted by molar-refractivity contribution is -0.150. The Hall–Kier alpha value is -0.920. The van der Waals surface area contributed by atoms with Gasteiger partial charge < -0.3 is 24.2 Å². The molecule has 0 aromatic heterocycles. The van der Waals surface area contributed by atoms with Crippen molar-refractivity contribution < 1.29 is 46.2 Å². The van der Waals surface area contributed by atoms with Crippen molar-refractivity contribution in [3.63, 3.8) is 0 Å². The molecule has 0 fully saturated rings. The summed E-state index contributed by atoms with van der Waals surface area (Å²) in [6.07, 6.45) is -0.111. The van der Waals surface area contributed by atoms with E-state index in [1.165, 1.54) is 0 Å². The Morgan fingerprint density at radius 2 is 1.71 bits per heavy atom. The summed E-state index contributed by atoms with van der Waals surface area (Å²) < 4.78 is 65.3. The number of halogens is 2. The van der Waals surface area contributed by atoms with Crippen molar-refractivity contribution in [3.8, 4) is 0 Å². The topological polar surface area (TPSA) is 136 Å². The third kappa shape index (κ3) is 10.1. The quantitative estimate of drug-likeness (QED) is 0.216. The molecule has 0 aromatic carbocycles. The fraction of sp³-hybridized carbons (Fsp3) is 0.917. The van der Waals surface area contributed by atoms with Gasteiger partial charge in [0.1, 0.15) is 0 Å². The van der Waals surface area contributed by atoms with Crippen LogP contribution in [0, 0.1) is 0 Å². The van der Waals surface area contributed by atoms with Gasteiger partial charge in [-0.25, -0.2) is 8.42 Å². The van der Waals surface area contributed by atoms with E-state index in [2.05, 4.69) is 4.74 Å². The zero-order valence-corrected chi connectivity index (χ0v) is 13.8. The first-order valence-corrected chi connectivity index (χ1v) is 8.55. The minimum Gasteiger partial charge on any atom is -0.743 e. The number of aliphatic hydroxyl groups excluding tert-OH is 2. The van der Waals surface area contributed by atoms with E-state index in [0.29, 0.717) is 19.6 Å². The predicted octanol–water partition coefficient (Wildman–Crippen LogP) is -1.25. The van der Waals surface area contributed by atoms with E-state index in [1.54, 1.807) is 4.90 Å². The number of esters is 1. The largest absolute Gasteiger partial charge is 0.743 e. The number of hydrogen-bond acceptors (Lipinski definition) is 9. The van der Waals surface area contributed by atoms with Gasteiger partial charge in [0.15, 0.2) is 16.7 Å². The maximum absolute atomic E-state index is 12.7. The highest BCUT2D eigenvalue weighted by molar-refractivity contribution is 7.86. The van der Waals surface area contributed by atoms with Crippen LogP contribution in [0.5, 0.6) is 0 Å². The van der Waals surface area contributed by atoms with Gasteiger partial charge in [-0.05, 0) is 6.42 Å². The Labute approximate surface area is 138 Å². The summed E-state index contributed by atoms with van der Waals surface area (Å²) in [6, 6.07) is 0. The highest BCUT2D eigenvalue weighted by atomic mass is 32.2. The van der Waals surface area contributed by atoms with Crippen LogP contribution >= 0.6 is 0 Å². The lowest BCUT2D eigenvalue weighted by Crippen LogP contribution is -2.34. The Morgan fingerprint density at radius 3 is 2.21 bits per heavy atom. The van der Waals surface area contributed by atoms with Crippen molar-refractivity contribution >= 4 is 16.1 Å². The molecule has 0 saturated heterocycles. The second-order valence-corrected chi connectivity index (χ2v) is 6.26. The summed E-state index contributed by atoms with van der Waals surface area (Å²) in [5, 5.41) is 12.9. The summed E-state index contributed by atoms with van der Waals surface area (Å²) in [6.45, 7) is -0.292. The molecule has 0 aliphatic heterocycles. The van der Waals surface area contributed by atoms with Crippen molar-refractivity contribution in [3.05, 3.63) is 0 Å². The van der Waals surface area contributed by atoms with Gasteiger partial charge in [-0.2, -0.15) is 8.78 Å². The number of alkyl halides is 2. The summed E-state index contributed by atoms with van der Waals surface area (Å²) in [5.74, 6) is -1.07. The number of ether oxygens (including phenoxy) is 2. The van der Waals surface area contributed by atoms with E-state index < -0.39 is 27.9 Å². The maximum atomic E-state index is 12.7. The molecular weight excluding hydrogens is 356 g/mol. The summed E-state index contributed by atoms with van der Waals surface area (Å²) in [5.41, 5.74) is 0.